The van der Waals surface area contributed by atoms with Crippen LogP contribution in [0.25, 0.3) is 0 Å². The van der Waals surface area contributed by atoms with Crippen molar-refractivity contribution in [2.75, 3.05) is 20.7 Å². The Labute approximate surface area is 161 Å². The highest BCUT2D eigenvalue weighted by Crippen LogP contribution is 2.10. The van der Waals surface area contributed by atoms with Gasteiger partial charge in [0, 0.05) is 32.6 Å². The fourth-order valence-corrected chi connectivity index (χ4v) is 1.89. The monoisotopic (exact) mass is 448 g/mol. The molecule has 0 aliphatic carbocycles. The van der Waals surface area contributed by atoms with Gasteiger partial charge >= 0.3 is 0 Å². The quantitative estimate of drug-likeness (QED) is 0.324. The number of nitrogens with zero attached hydrogens (tertiary/aromatic N) is 1. The van der Waals surface area contributed by atoms with Gasteiger partial charge < -0.3 is 20.7 Å². The second-order valence-electron chi connectivity index (χ2n) is 5.33. The summed E-state index contributed by atoms with van der Waals surface area (Å²) in [6.07, 6.45) is 1.36. The van der Waals surface area contributed by atoms with Gasteiger partial charge in [0.05, 0.1) is 7.11 Å². The Kier molecular flexibility index (Phi) is 12.0. The number of guanidine groups is 1. The van der Waals surface area contributed by atoms with E-state index in [2.05, 4.69) is 20.9 Å². The van der Waals surface area contributed by atoms with Crippen molar-refractivity contribution >= 4 is 35.8 Å². The van der Waals surface area contributed by atoms with E-state index < -0.39 is 0 Å². The number of halogens is 1. The van der Waals surface area contributed by atoms with Crippen LogP contribution >= 0.6 is 24.0 Å². The predicted octanol–water partition coefficient (Wildman–Crippen LogP) is 2.28. The van der Waals surface area contributed by atoms with E-state index >= 15 is 0 Å². The summed E-state index contributed by atoms with van der Waals surface area (Å²) in [6.45, 7) is 5.25. The molecular formula is C17H29IN4O2. The molecule has 1 aromatic rings. The van der Waals surface area contributed by atoms with E-state index in [-0.39, 0.29) is 35.9 Å². The van der Waals surface area contributed by atoms with Crippen molar-refractivity contribution in [3.8, 4) is 5.75 Å². The number of rotatable bonds is 8. The van der Waals surface area contributed by atoms with Gasteiger partial charge in [-0.1, -0.05) is 19.1 Å². The van der Waals surface area contributed by atoms with Crippen LogP contribution in [0.2, 0.25) is 0 Å². The van der Waals surface area contributed by atoms with Crippen LogP contribution in [-0.4, -0.2) is 38.6 Å². The highest BCUT2D eigenvalue weighted by Gasteiger charge is 2.05. The lowest BCUT2D eigenvalue weighted by Gasteiger charge is -2.14. The molecular weight excluding hydrogens is 419 g/mol. The van der Waals surface area contributed by atoms with Gasteiger partial charge in [0.2, 0.25) is 5.91 Å². The summed E-state index contributed by atoms with van der Waals surface area (Å²) in [5.74, 6) is 1.57. The standard InChI is InChI=1S/C17H28N4O2.HI/c1-5-13(2)21-16(22)10-11-19-17(18-3)20-12-14-6-8-15(23-4)9-7-14;/h6-9,13H,5,10-12H2,1-4H3,(H,21,22)(H2,18,19,20);1H. The molecule has 1 amide bonds. The minimum absolute atomic E-state index is 0. The molecule has 0 heterocycles. The van der Waals surface area contributed by atoms with Gasteiger partial charge in [0.15, 0.2) is 5.96 Å². The lowest BCUT2D eigenvalue weighted by molar-refractivity contribution is -0.121. The first-order chi connectivity index (χ1) is 11.1. The molecule has 0 radical (unpaired) electrons. The Bertz CT molecular complexity index is 506. The van der Waals surface area contributed by atoms with Crippen molar-refractivity contribution in [1.82, 2.24) is 16.0 Å². The number of amides is 1. The Balaban J connectivity index is 0.00000529. The van der Waals surface area contributed by atoms with E-state index in [4.69, 9.17) is 4.74 Å². The topological polar surface area (TPSA) is 74.8 Å². The first kappa shape index (κ1) is 22.5. The summed E-state index contributed by atoms with van der Waals surface area (Å²) < 4.78 is 5.13. The molecule has 24 heavy (non-hydrogen) atoms. The predicted molar refractivity (Wildman–Crippen MR) is 109 cm³/mol. The van der Waals surface area contributed by atoms with Crippen LogP contribution in [0.1, 0.15) is 32.3 Å². The minimum Gasteiger partial charge on any atom is -0.497 e. The van der Waals surface area contributed by atoms with Crippen LogP contribution in [0.5, 0.6) is 5.75 Å². The molecule has 136 valence electrons. The van der Waals surface area contributed by atoms with Crippen LogP contribution < -0.4 is 20.7 Å². The van der Waals surface area contributed by atoms with Crippen molar-refractivity contribution < 1.29 is 9.53 Å². The second kappa shape index (κ2) is 12.9. The molecule has 0 bridgehead atoms. The van der Waals surface area contributed by atoms with E-state index in [0.717, 1.165) is 17.7 Å². The van der Waals surface area contributed by atoms with Crippen LogP contribution in [0, 0.1) is 0 Å². The van der Waals surface area contributed by atoms with Crippen LogP contribution in [0.3, 0.4) is 0 Å². The zero-order chi connectivity index (χ0) is 17.1. The van der Waals surface area contributed by atoms with Gasteiger partial charge in [-0.15, -0.1) is 24.0 Å². The lowest BCUT2D eigenvalue weighted by atomic mass is 10.2. The molecule has 1 atom stereocenters. The molecule has 1 rings (SSSR count). The molecule has 0 saturated heterocycles. The maximum atomic E-state index is 11.7. The van der Waals surface area contributed by atoms with Crippen molar-refractivity contribution in [3.05, 3.63) is 29.8 Å². The number of benzene rings is 1. The van der Waals surface area contributed by atoms with E-state index in [0.29, 0.717) is 25.5 Å². The molecule has 0 spiro atoms. The van der Waals surface area contributed by atoms with Crippen LogP contribution in [0.15, 0.2) is 29.3 Å². The average Bonchev–Trinajstić information content (AvgIpc) is 2.58. The Morgan fingerprint density at radius 1 is 1.25 bits per heavy atom. The molecule has 1 unspecified atom stereocenters. The summed E-state index contributed by atoms with van der Waals surface area (Å²) in [5, 5.41) is 9.29. The molecule has 0 aliphatic heterocycles. The second-order valence-corrected chi connectivity index (χ2v) is 5.33. The van der Waals surface area contributed by atoms with Crippen molar-refractivity contribution in [3.63, 3.8) is 0 Å². The number of ether oxygens (including phenoxy) is 1. The highest BCUT2D eigenvalue weighted by atomic mass is 127. The smallest absolute Gasteiger partial charge is 0.221 e. The van der Waals surface area contributed by atoms with Gasteiger partial charge in [-0.25, -0.2) is 0 Å². The summed E-state index contributed by atoms with van der Waals surface area (Å²) in [6, 6.07) is 8.06. The van der Waals surface area contributed by atoms with Crippen LogP contribution in [-0.2, 0) is 11.3 Å². The number of hydrogen-bond donors (Lipinski definition) is 3. The SMILES string of the molecule is CCC(C)NC(=O)CCNC(=NC)NCc1ccc(OC)cc1.I. The van der Waals surface area contributed by atoms with E-state index in [1.54, 1.807) is 14.2 Å². The largest absolute Gasteiger partial charge is 0.497 e. The first-order valence-electron chi connectivity index (χ1n) is 7.95. The van der Waals surface area contributed by atoms with Gasteiger partial charge in [0.1, 0.15) is 5.75 Å². The first-order valence-corrected chi connectivity index (χ1v) is 7.95. The molecule has 0 aromatic heterocycles. The molecule has 0 fully saturated rings. The Morgan fingerprint density at radius 3 is 2.46 bits per heavy atom. The number of nitrogens with one attached hydrogen (secondary N) is 3. The van der Waals surface area contributed by atoms with E-state index in [9.17, 15) is 4.79 Å². The number of hydrogen-bond acceptors (Lipinski definition) is 3. The molecule has 0 saturated carbocycles. The molecule has 7 heteroatoms. The summed E-state index contributed by atoms with van der Waals surface area (Å²) in [5.41, 5.74) is 1.13. The number of carbonyl (C=O) groups is 1. The third-order valence-electron chi connectivity index (χ3n) is 3.51. The normalized spacial score (nSPS) is 11.9. The fraction of sp³-hybridized carbons (Fsp3) is 0.529. The fourth-order valence-electron chi connectivity index (χ4n) is 1.89. The summed E-state index contributed by atoms with van der Waals surface area (Å²) in [4.78, 5) is 15.8. The maximum absolute atomic E-state index is 11.7. The number of methoxy groups -OCH3 is 1. The third kappa shape index (κ3) is 8.95. The Hall–Kier alpha value is -1.51. The summed E-state index contributed by atoms with van der Waals surface area (Å²) in [7, 11) is 3.36. The van der Waals surface area contributed by atoms with Gasteiger partial charge in [-0.3, -0.25) is 9.79 Å². The molecule has 1 aromatic carbocycles. The third-order valence-corrected chi connectivity index (χ3v) is 3.51. The Morgan fingerprint density at radius 2 is 1.92 bits per heavy atom. The van der Waals surface area contributed by atoms with Gasteiger partial charge in [-0.05, 0) is 31.0 Å². The molecule has 0 aliphatic rings. The minimum atomic E-state index is 0. The van der Waals surface area contributed by atoms with Crippen molar-refractivity contribution in [2.45, 2.75) is 39.3 Å². The van der Waals surface area contributed by atoms with E-state index in [1.807, 2.05) is 38.1 Å². The van der Waals surface area contributed by atoms with Crippen LogP contribution in [0.4, 0.5) is 0 Å². The van der Waals surface area contributed by atoms with E-state index in [1.165, 1.54) is 0 Å². The average molecular weight is 448 g/mol. The number of carbonyl (C=O) groups excluding carboxylic acids is 1. The lowest BCUT2D eigenvalue weighted by Crippen LogP contribution is -2.40. The van der Waals surface area contributed by atoms with Crippen molar-refractivity contribution in [1.29, 1.82) is 0 Å². The van der Waals surface area contributed by atoms with Crippen molar-refractivity contribution in [2.24, 2.45) is 4.99 Å². The summed E-state index contributed by atoms with van der Waals surface area (Å²) >= 11 is 0. The van der Waals surface area contributed by atoms with Gasteiger partial charge in [-0.2, -0.15) is 0 Å². The van der Waals surface area contributed by atoms with Gasteiger partial charge in [0.25, 0.3) is 0 Å². The zero-order valence-electron chi connectivity index (χ0n) is 14.9. The molecule has 6 nitrogen and oxygen atoms in total. The zero-order valence-corrected chi connectivity index (χ0v) is 17.2. The highest BCUT2D eigenvalue weighted by molar-refractivity contribution is 14.0. The maximum Gasteiger partial charge on any atom is 0.221 e. The molecule has 3 N–H and O–H groups in total. The number of aliphatic imine (C=N–C) groups is 1.